The normalized spacial score (nSPS) is 13.4. The Morgan fingerprint density at radius 1 is 1.03 bits per heavy atom. The number of benzene rings is 2. The second-order valence-electron chi connectivity index (χ2n) is 8.37. The maximum atomic E-state index is 13.0. The molecule has 7 nitrogen and oxygen atoms in total. The summed E-state index contributed by atoms with van der Waals surface area (Å²) in [6.45, 7) is 1.81. The fourth-order valence-corrected chi connectivity index (χ4v) is 4.24. The number of nitrogens with zero attached hydrogens (tertiary/aromatic N) is 2. The molecule has 2 aromatic carbocycles. The van der Waals surface area contributed by atoms with Gasteiger partial charge in [-0.25, -0.2) is 9.97 Å². The predicted octanol–water partition coefficient (Wildman–Crippen LogP) is 6.41. The lowest BCUT2D eigenvalue weighted by molar-refractivity contribution is -0.137. The van der Waals surface area contributed by atoms with E-state index in [0.29, 0.717) is 26.9 Å². The van der Waals surface area contributed by atoms with Crippen LogP contribution in [0, 0.1) is 12.8 Å². The highest BCUT2D eigenvalue weighted by atomic mass is 32.1. The zero-order chi connectivity index (χ0) is 25.4. The van der Waals surface area contributed by atoms with Crippen molar-refractivity contribution in [2.24, 2.45) is 5.92 Å². The van der Waals surface area contributed by atoms with E-state index in [1.807, 2.05) is 6.92 Å². The molecule has 0 radical (unpaired) electrons. The van der Waals surface area contributed by atoms with Crippen LogP contribution in [0.15, 0.2) is 54.6 Å². The number of hydrogen-bond donors (Lipinski definition) is 2. The number of fused-ring (bicyclic) bond motifs is 1. The molecule has 1 aliphatic carbocycles. The van der Waals surface area contributed by atoms with E-state index in [1.54, 1.807) is 30.3 Å². The Kier molecular flexibility index (Phi) is 6.09. The minimum atomic E-state index is -4.54. The number of ether oxygens (including phenoxy) is 1. The molecule has 11 heteroatoms. The van der Waals surface area contributed by atoms with Gasteiger partial charge in [-0.1, -0.05) is 23.5 Å². The summed E-state index contributed by atoms with van der Waals surface area (Å²) in [4.78, 5) is 34.0. The molecule has 184 valence electrons. The Bertz CT molecular complexity index is 1480. The van der Waals surface area contributed by atoms with Gasteiger partial charge in [0.25, 0.3) is 5.91 Å². The van der Waals surface area contributed by atoms with Crippen LogP contribution < -0.4 is 15.4 Å². The maximum Gasteiger partial charge on any atom is 0.416 e. The van der Waals surface area contributed by atoms with Crippen molar-refractivity contribution in [3.05, 3.63) is 71.3 Å². The Hall–Kier alpha value is -3.99. The Morgan fingerprint density at radius 2 is 1.83 bits per heavy atom. The summed E-state index contributed by atoms with van der Waals surface area (Å²) >= 11 is 1.24. The number of aryl methyl sites for hydroxylation is 1. The fourth-order valence-electron chi connectivity index (χ4n) is 3.40. The van der Waals surface area contributed by atoms with Gasteiger partial charge in [0.15, 0.2) is 5.13 Å². The van der Waals surface area contributed by atoms with Crippen molar-refractivity contribution in [3.63, 3.8) is 0 Å². The van der Waals surface area contributed by atoms with Gasteiger partial charge in [0, 0.05) is 29.3 Å². The smallest absolute Gasteiger partial charge is 0.416 e. The topological polar surface area (TPSA) is 93.2 Å². The average molecular weight is 513 g/mol. The summed E-state index contributed by atoms with van der Waals surface area (Å²) in [7, 11) is 0. The zero-order valence-corrected chi connectivity index (χ0v) is 19.7. The van der Waals surface area contributed by atoms with Crippen LogP contribution >= 0.6 is 11.3 Å². The average Bonchev–Trinajstić information content (AvgIpc) is 3.61. The Morgan fingerprint density at radius 3 is 2.58 bits per heavy atom. The number of aromatic nitrogens is 2. The molecule has 2 amide bonds. The SMILES string of the molecule is Cc1ccc(NC(=O)c2cccc(C(F)(F)F)c2)cc1Oc1ccc2nc(NC(=O)C3CC3)sc2n1. The molecule has 1 fully saturated rings. The van der Waals surface area contributed by atoms with Crippen LogP contribution in [-0.4, -0.2) is 21.8 Å². The second kappa shape index (κ2) is 9.23. The van der Waals surface area contributed by atoms with Crippen molar-refractivity contribution in [1.29, 1.82) is 0 Å². The van der Waals surface area contributed by atoms with Gasteiger partial charge in [-0.3, -0.25) is 9.59 Å². The van der Waals surface area contributed by atoms with Gasteiger partial charge < -0.3 is 15.4 Å². The van der Waals surface area contributed by atoms with E-state index in [4.69, 9.17) is 4.74 Å². The Balaban J connectivity index is 1.31. The molecule has 2 N–H and O–H groups in total. The van der Waals surface area contributed by atoms with Crippen LogP contribution in [0.1, 0.15) is 34.3 Å². The van der Waals surface area contributed by atoms with Crippen LogP contribution in [0.25, 0.3) is 10.3 Å². The molecule has 0 saturated heterocycles. The lowest BCUT2D eigenvalue weighted by atomic mass is 10.1. The highest BCUT2D eigenvalue weighted by Crippen LogP contribution is 2.34. The summed E-state index contributed by atoms with van der Waals surface area (Å²) in [5.41, 5.74) is 0.715. The number of anilines is 2. The second-order valence-corrected chi connectivity index (χ2v) is 9.35. The van der Waals surface area contributed by atoms with E-state index < -0.39 is 17.6 Å². The largest absolute Gasteiger partial charge is 0.439 e. The van der Waals surface area contributed by atoms with Gasteiger partial charge in [0.05, 0.1) is 5.56 Å². The predicted molar refractivity (Wildman–Crippen MR) is 129 cm³/mol. The fraction of sp³-hybridized carbons (Fsp3) is 0.200. The van der Waals surface area contributed by atoms with E-state index in [9.17, 15) is 22.8 Å². The minimum Gasteiger partial charge on any atom is -0.439 e. The molecule has 36 heavy (non-hydrogen) atoms. The number of rotatable bonds is 6. The summed E-state index contributed by atoms with van der Waals surface area (Å²) in [6, 6.07) is 12.5. The van der Waals surface area contributed by atoms with Crippen molar-refractivity contribution in [3.8, 4) is 11.6 Å². The molecule has 0 spiro atoms. The van der Waals surface area contributed by atoms with Gasteiger partial charge in [0.1, 0.15) is 16.1 Å². The number of thiazole rings is 1. The molecule has 2 aromatic heterocycles. The van der Waals surface area contributed by atoms with Crippen LogP contribution in [0.5, 0.6) is 11.6 Å². The van der Waals surface area contributed by atoms with Gasteiger partial charge >= 0.3 is 6.18 Å². The Labute approximate surface area is 207 Å². The summed E-state index contributed by atoms with van der Waals surface area (Å²) in [5.74, 6) is 0.0466. The molecule has 0 bridgehead atoms. The molecular weight excluding hydrogens is 493 g/mol. The van der Waals surface area contributed by atoms with Crippen LogP contribution in [-0.2, 0) is 11.0 Å². The van der Waals surface area contributed by atoms with Crippen molar-refractivity contribution < 1.29 is 27.5 Å². The third kappa shape index (κ3) is 5.30. The van der Waals surface area contributed by atoms with Crippen molar-refractivity contribution in [2.75, 3.05) is 10.6 Å². The summed E-state index contributed by atoms with van der Waals surface area (Å²) < 4.78 is 44.9. The lowest BCUT2D eigenvalue weighted by Crippen LogP contribution is -2.14. The number of carbonyl (C=O) groups is 2. The minimum absolute atomic E-state index is 0.0369. The number of hydrogen-bond acceptors (Lipinski definition) is 6. The highest BCUT2D eigenvalue weighted by molar-refractivity contribution is 7.21. The maximum absolute atomic E-state index is 13.0. The lowest BCUT2D eigenvalue weighted by Gasteiger charge is -2.12. The third-order valence-electron chi connectivity index (χ3n) is 5.52. The molecule has 2 heterocycles. The van der Waals surface area contributed by atoms with Crippen LogP contribution in [0.4, 0.5) is 24.0 Å². The monoisotopic (exact) mass is 512 g/mol. The summed E-state index contributed by atoms with van der Waals surface area (Å²) in [5, 5.41) is 5.88. The first-order valence-corrected chi connectivity index (χ1v) is 11.8. The first-order valence-electron chi connectivity index (χ1n) is 11.0. The first-order chi connectivity index (χ1) is 17.2. The molecule has 5 rings (SSSR count). The van der Waals surface area contributed by atoms with E-state index in [2.05, 4.69) is 20.6 Å². The van der Waals surface area contributed by atoms with E-state index in [0.717, 1.165) is 30.5 Å². The molecule has 0 atom stereocenters. The highest BCUT2D eigenvalue weighted by Gasteiger charge is 2.31. The molecule has 0 unspecified atom stereocenters. The van der Waals surface area contributed by atoms with Crippen molar-refractivity contribution in [2.45, 2.75) is 25.9 Å². The van der Waals surface area contributed by atoms with E-state index in [1.165, 1.54) is 23.5 Å². The summed E-state index contributed by atoms with van der Waals surface area (Å²) in [6.07, 6.45) is -2.76. The van der Waals surface area contributed by atoms with Gasteiger partial charge in [0.2, 0.25) is 11.8 Å². The molecule has 1 aliphatic rings. The van der Waals surface area contributed by atoms with Crippen molar-refractivity contribution in [1.82, 2.24) is 9.97 Å². The standard InChI is InChI=1S/C25H19F3N4O3S/c1-13-5-8-17(29-22(34)15-3-2-4-16(11-15)25(26,27)28)12-19(13)35-20-10-9-18-23(31-20)36-24(30-18)32-21(33)14-6-7-14/h2-5,8-12,14H,6-7H2,1H3,(H,29,34)(H,30,32,33). The zero-order valence-electron chi connectivity index (χ0n) is 18.8. The van der Waals surface area contributed by atoms with Crippen LogP contribution in [0.3, 0.4) is 0 Å². The van der Waals surface area contributed by atoms with Gasteiger partial charge in [-0.05, 0) is 55.7 Å². The number of halogens is 3. The van der Waals surface area contributed by atoms with E-state index in [-0.39, 0.29) is 23.3 Å². The first kappa shape index (κ1) is 23.7. The molecular formula is C25H19F3N4O3S. The van der Waals surface area contributed by atoms with Crippen molar-refractivity contribution >= 4 is 44.3 Å². The van der Waals surface area contributed by atoms with Gasteiger partial charge in [-0.15, -0.1) is 0 Å². The number of alkyl halides is 3. The van der Waals surface area contributed by atoms with Gasteiger partial charge in [-0.2, -0.15) is 13.2 Å². The van der Waals surface area contributed by atoms with Crippen LogP contribution in [0.2, 0.25) is 0 Å². The molecule has 4 aromatic rings. The number of pyridine rings is 1. The molecule has 0 aliphatic heterocycles. The third-order valence-corrected chi connectivity index (χ3v) is 6.40. The number of amides is 2. The van der Waals surface area contributed by atoms with E-state index >= 15 is 0 Å². The quantitative estimate of drug-likeness (QED) is 0.311. The number of nitrogens with one attached hydrogen (secondary N) is 2. The number of carbonyl (C=O) groups excluding carboxylic acids is 2. The molecule has 1 saturated carbocycles.